The van der Waals surface area contributed by atoms with Gasteiger partial charge in [0, 0.05) is 22.6 Å². The van der Waals surface area contributed by atoms with Crippen LogP contribution in [0.25, 0.3) is 0 Å². The summed E-state index contributed by atoms with van der Waals surface area (Å²) in [6.45, 7) is 2.43. The van der Waals surface area contributed by atoms with Crippen LogP contribution in [0.15, 0.2) is 0 Å². The summed E-state index contributed by atoms with van der Waals surface area (Å²) in [4.78, 5) is 35.1. The van der Waals surface area contributed by atoms with Crippen LogP contribution in [0.4, 0.5) is 5.69 Å². The summed E-state index contributed by atoms with van der Waals surface area (Å²) in [5.74, 6) is -0.813. The van der Waals surface area contributed by atoms with E-state index in [1.807, 2.05) is 45.2 Å². The van der Waals surface area contributed by atoms with Crippen molar-refractivity contribution >= 4 is 69.0 Å². The van der Waals surface area contributed by atoms with E-state index in [4.69, 9.17) is 5.11 Å². The SMILES string of the molecule is CC(=O)Nc1c(C)c(C=O)c(I)c(C(=O)NCC(O)CO)c1I. The third-order valence-corrected chi connectivity index (χ3v) is 5.23. The van der Waals surface area contributed by atoms with Crippen molar-refractivity contribution in [3.05, 3.63) is 23.8 Å². The summed E-state index contributed by atoms with van der Waals surface area (Å²) in [5.41, 5.74) is 1.56. The molecule has 1 atom stereocenters. The van der Waals surface area contributed by atoms with Gasteiger partial charge in [-0.25, -0.2) is 0 Å². The van der Waals surface area contributed by atoms with Crippen molar-refractivity contribution in [1.29, 1.82) is 0 Å². The molecule has 1 aromatic rings. The van der Waals surface area contributed by atoms with E-state index in [2.05, 4.69) is 10.6 Å². The second-order valence-corrected chi connectivity index (χ2v) is 6.92. The van der Waals surface area contributed by atoms with Crippen molar-refractivity contribution in [3.8, 4) is 0 Å². The predicted molar refractivity (Wildman–Crippen MR) is 102 cm³/mol. The molecular weight excluding hydrogens is 530 g/mol. The molecule has 0 fully saturated rings. The first-order valence-corrected chi connectivity index (χ1v) is 8.71. The minimum atomic E-state index is -1.07. The maximum Gasteiger partial charge on any atom is 0.253 e. The molecule has 0 aliphatic rings. The monoisotopic (exact) mass is 546 g/mol. The lowest BCUT2D eigenvalue weighted by Crippen LogP contribution is -2.35. The Bertz CT molecular complexity index is 649. The highest BCUT2D eigenvalue weighted by Gasteiger charge is 2.24. The molecule has 0 aromatic heterocycles. The Hall–Kier alpha value is -0.790. The normalized spacial score (nSPS) is 11.7. The lowest BCUT2D eigenvalue weighted by Gasteiger charge is -2.18. The van der Waals surface area contributed by atoms with E-state index in [0.717, 1.165) is 0 Å². The average Bonchev–Trinajstić information content (AvgIpc) is 2.49. The maximum atomic E-state index is 12.4. The van der Waals surface area contributed by atoms with Crippen molar-refractivity contribution in [2.24, 2.45) is 0 Å². The number of benzene rings is 1. The van der Waals surface area contributed by atoms with Crippen LogP contribution in [0.5, 0.6) is 0 Å². The van der Waals surface area contributed by atoms with E-state index in [1.165, 1.54) is 6.92 Å². The van der Waals surface area contributed by atoms with E-state index in [-0.39, 0.29) is 18.0 Å². The van der Waals surface area contributed by atoms with Gasteiger partial charge in [0.1, 0.15) is 0 Å². The standard InChI is InChI=1S/C14H16I2N2O5/c1-6-9(5-20)11(15)10(12(16)13(6)18-7(2)21)14(23)17-3-8(22)4-19/h5,8,19,22H,3-4H2,1-2H3,(H,17,23)(H,18,21). The maximum absolute atomic E-state index is 12.4. The minimum Gasteiger partial charge on any atom is -0.394 e. The first-order valence-electron chi connectivity index (χ1n) is 6.56. The van der Waals surface area contributed by atoms with E-state index >= 15 is 0 Å². The van der Waals surface area contributed by atoms with E-state index < -0.39 is 18.6 Å². The first kappa shape index (κ1) is 20.3. The third-order valence-electron chi connectivity index (χ3n) is 3.03. The number of anilines is 1. The number of hydrogen-bond donors (Lipinski definition) is 4. The fourth-order valence-corrected chi connectivity index (χ4v) is 4.46. The van der Waals surface area contributed by atoms with E-state index in [1.54, 1.807) is 6.92 Å². The average molecular weight is 546 g/mol. The van der Waals surface area contributed by atoms with Gasteiger partial charge in [0.05, 0.1) is 27.5 Å². The summed E-state index contributed by atoms with van der Waals surface area (Å²) < 4.78 is 0.964. The molecule has 7 nitrogen and oxygen atoms in total. The van der Waals surface area contributed by atoms with Gasteiger partial charge in [-0.05, 0) is 57.7 Å². The molecule has 23 heavy (non-hydrogen) atoms. The van der Waals surface area contributed by atoms with Gasteiger partial charge in [-0.15, -0.1) is 0 Å². The topological polar surface area (TPSA) is 116 Å². The fourth-order valence-electron chi connectivity index (χ4n) is 1.85. The molecule has 0 bridgehead atoms. The number of nitrogens with one attached hydrogen (secondary N) is 2. The number of amides is 2. The fraction of sp³-hybridized carbons (Fsp3) is 0.357. The van der Waals surface area contributed by atoms with Crippen LogP contribution >= 0.6 is 45.2 Å². The number of carbonyl (C=O) groups excluding carboxylic acids is 3. The molecule has 0 radical (unpaired) electrons. The molecule has 0 heterocycles. The Morgan fingerprint density at radius 1 is 1.30 bits per heavy atom. The Morgan fingerprint density at radius 2 is 1.91 bits per heavy atom. The van der Waals surface area contributed by atoms with Gasteiger partial charge in [0.25, 0.3) is 5.91 Å². The van der Waals surface area contributed by atoms with Gasteiger partial charge in [0.15, 0.2) is 6.29 Å². The summed E-state index contributed by atoms with van der Waals surface area (Å²) in [5, 5.41) is 23.3. The molecule has 126 valence electrons. The molecule has 1 rings (SSSR count). The lowest BCUT2D eigenvalue weighted by atomic mass is 10.0. The Balaban J connectivity index is 3.38. The lowest BCUT2D eigenvalue weighted by molar-refractivity contribution is -0.114. The van der Waals surface area contributed by atoms with Crippen molar-refractivity contribution in [2.45, 2.75) is 20.0 Å². The van der Waals surface area contributed by atoms with Gasteiger partial charge >= 0.3 is 0 Å². The van der Waals surface area contributed by atoms with Gasteiger partial charge in [-0.2, -0.15) is 0 Å². The van der Waals surface area contributed by atoms with Crippen LogP contribution in [0.2, 0.25) is 0 Å². The van der Waals surface area contributed by atoms with Gasteiger partial charge in [0.2, 0.25) is 5.91 Å². The van der Waals surface area contributed by atoms with Gasteiger partial charge in [-0.1, -0.05) is 0 Å². The summed E-state index contributed by atoms with van der Waals surface area (Å²) >= 11 is 3.83. The second kappa shape index (κ2) is 8.89. The van der Waals surface area contributed by atoms with Crippen LogP contribution in [0.3, 0.4) is 0 Å². The number of halogens is 2. The molecule has 0 spiro atoms. The van der Waals surface area contributed by atoms with Crippen LogP contribution in [-0.2, 0) is 4.79 Å². The van der Waals surface area contributed by atoms with E-state index in [0.29, 0.717) is 30.2 Å². The zero-order valence-corrected chi connectivity index (χ0v) is 16.8. The highest BCUT2D eigenvalue weighted by Crippen LogP contribution is 2.33. The van der Waals surface area contributed by atoms with Crippen LogP contribution in [0, 0.1) is 14.1 Å². The molecule has 1 unspecified atom stereocenters. The number of aldehydes is 1. The number of hydrogen-bond acceptors (Lipinski definition) is 5. The Morgan fingerprint density at radius 3 is 2.39 bits per heavy atom. The molecule has 9 heteroatoms. The Kier molecular flexibility index (Phi) is 7.83. The first-order chi connectivity index (χ1) is 10.7. The molecule has 0 aliphatic carbocycles. The van der Waals surface area contributed by atoms with Crippen molar-refractivity contribution in [2.75, 3.05) is 18.5 Å². The second-order valence-electron chi connectivity index (χ2n) is 4.76. The summed E-state index contributed by atoms with van der Waals surface area (Å²) in [7, 11) is 0. The molecular formula is C14H16I2N2O5. The molecule has 0 saturated carbocycles. The zero-order valence-electron chi connectivity index (χ0n) is 12.4. The highest BCUT2D eigenvalue weighted by atomic mass is 127. The van der Waals surface area contributed by atoms with Crippen molar-refractivity contribution < 1.29 is 24.6 Å². The van der Waals surface area contributed by atoms with E-state index in [9.17, 15) is 19.5 Å². The smallest absolute Gasteiger partial charge is 0.253 e. The predicted octanol–water partition coefficient (Wildman–Crippen LogP) is 1.06. The van der Waals surface area contributed by atoms with Crippen molar-refractivity contribution in [3.63, 3.8) is 0 Å². The van der Waals surface area contributed by atoms with Crippen LogP contribution < -0.4 is 10.6 Å². The Labute approximate surface area is 160 Å². The molecule has 1 aromatic carbocycles. The summed E-state index contributed by atoms with van der Waals surface area (Å²) in [6, 6.07) is 0. The quantitative estimate of drug-likeness (QED) is 0.315. The largest absolute Gasteiger partial charge is 0.394 e. The molecule has 0 aliphatic heterocycles. The molecule has 4 N–H and O–H groups in total. The molecule has 0 saturated heterocycles. The highest BCUT2D eigenvalue weighted by molar-refractivity contribution is 14.1. The van der Waals surface area contributed by atoms with Crippen LogP contribution in [-0.4, -0.2) is 47.6 Å². The zero-order chi connectivity index (χ0) is 17.7. The number of aliphatic hydroxyl groups excluding tert-OH is 2. The number of rotatable bonds is 6. The third kappa shape index (κ3) is 4.84. The van der Waals surface area contributed by atoms with Gasteiger partial charge in [-0.3, -0.25) is 14.4 Å². The van der Waals surface area contributed by atoms with Crippen molar-refractivity contribution in [1.82, 2.24) is 5.32 Å². The minimum absolute atomic E-state index is 0.124. The number of aliphatic hydroxyl groups is 2. The molecule has 2 amide bonds. The van der Waals surface area contributed by atoms with Crippen LogP contribution in [0.1, 0.15) is 33.2 Å². The van der Waals surface area contributed by atoms with Gasteiger partial charge < -0.3 is 20.8 Å². The summed E-state index contributed by atoms with van der Waals surface area (Å²) in [6.07, 6.45) is -0.433. The number of carbonyl (C=O) groups is 3.